The summed E-state index contributed by atoms with van der Waals surface area (Å²) in [7, 11) is 4.04. The van der Waals surface area contributed by atoms with Crippen LogP contribution in [-0.4, -0.2) is 54.2 Å². The van der Waals surface area contributed by atoms with Crippen molar-refractivity contribution in [2.24, 2.45) is 0 Å². The maximum absolute atomic E-state index is 13.7. The van der Waals surface area contributed by atoms with E-state index in [0.717, 1.165) is 19.5 Å². The molecule has 0 radical (unpaired) electrons. The number of nitrogens with one attached hydrogen (secondary N) is 1. The van der Waals surface area contributed by atoms with Gasteiger partial charge in [0.25, 0.3) is 0 Å². The third-order valence-corrected chi connectivity index (χ3v) is 4.30. The van der Waals surface area contributed by atoms with Crippen LogP contribution in [0.4, 0.5) is 9.18 Å². The van der Waals surface area contributed by atoms with Gasteiger partial charge in [0.15, 0.2) is 5.76 Å². The van der Waals surface area contributed by atoms with Crippen LogP contribution in [0.3, 0.4) is 0 Å². The number of likely N-dealkylation sites (tertiary alicyclic amines) is 1. The Morgan fingerprint density at radius 2 is 2.25 bits per heavy atom. The maximum atomic E-state index is 13.7. The fourth-order valence-electron chi connectivity index (χ4n) is 2.81. The van der Waals surface area contributed by atoms with E-state index in [1.165, 1.54) is 6.07 Å². The van der Waals surface area contributed by atoms with E-state index in [9.17, 15) is 9.18 Å². The van der Waals surface area contributed by atoms with Gasteiger partial charge >= 0.3 is 6.03 Å². The van der Waals surface area contributed by atoms with Crippen LogP contribution >= 0.6 is 0 Å². The smallest absolute Gasteiger partial charge is 0.317 e. The first-order chi connectivity index (χ1) is 11.5. The summed E-state index contributed by atoms with van der Waals surface area (Å²) in [6, 6.07) is 8.30. The highest BCUT2D eigenvalue weighted by Crippen LogP contribution is 2.22. The highest BCUT2D eigenvalue weighted by molar-refractivity contribution is 5.74. The number of benzene rings is 1. The van der Waals surface area contributed by atoms with Gasteiger partial charge in [-0.15, -0.1) is 0 Å². The molecule has 1 saturated heterocycles. The molecule has 6 nitrogen and oxygen atoms in total. The fourth-order valence-corrected chi connectivity index (χ4v) is 2.81. The van der Waals surface area contributed by atoms with Crippen molar-refractivity contribution in [1.82, 2.24) is 20.3 Å². The first-order valence-corrected chi connectivity index (χ1v) is 7.94. The number of hydrogen-bond donors (Lipinski definition) is 1. The molecule has 1 aromatic carbocycles. The van der Waals surface area contributed by atoms with Crippen LogP contribution < -0.4 is 5.32 Å². The van der Waals surface area contributed by atoms with Crippen LogP contribution in [0.15, 0.2) is 34.9 Å². The Morgan fingerprint density at radius 1 is 1.46 bits per heavy atom. The van der Waals surface area contributed by atoms with Gasteiger partial charge in [-0.1, -0.05) is 17.3 Å². The second-order valence-electron chi connectivity index (χ2n) is 6.17. The van der Waals surface area contributed by atoms with Crippen molar-refractivity contribution in [2.75, 3.05) is 27.2 Å². The summed E-state index contributed by atoms with van der Waals surface area (Å²) in [5.41, 5.74) is 0.804. The zero-order valence-electron chi connectivity index (χ0n) is 13.8. The lowest BCUT2D eigenvalue weighted by Crippen LogP contribution is -2.40. The first-order valence-electron chi connectivity index (χ1n) is 7.94. The molecule has 128 valence electrons. The molecule has 0 bridgehead atoms. The highest BCUT2D eigenvalue weighted by atomic mass is 19.1. The Balaban J connectivity index is 1.56. The Kier molecular flexibility index (Phi) is 4.80. The predicted molar refractivity (Wildman–Crippen MR) is 87.8 cm³/mol. The van der Waals surface area contributed by atoms with E-state index in [0.29, 0.717) is 23.1 Å². The molecule has 0 aliphatic carbocycles. The SMILES string of the molecule is CN(C)C1CCN(C(=O)NCc2cc(-c3ccccc3F)no2)C1. The standard InChI is InChI=1S/C17H21FN4O2/c1-21(2)12-7-8-22(11-12)17(23)19-10-13-9-16(20-24-13)14-5-3-4-6-15(14)18/h3-6,9,12H,7-8,10-11H2,1-2H3,(H,19,23). The minimum atomic E-state index is -0.354. The minimum Gasteiger partial charge on any atom is -0.359 e. The number of halogens is 1. The largest absolute Gasteiger partial charge is 0.359 e. The van der Waals surface area contributed by atoms with Crippen LogP contribution in [0.25, 0.3) is 11.3 Å². The third-order valence-electron chi connectivity index (χ3n) is 4.30. The van der Waals surface area contributed by atoms with Gasteiger partial charge in [-0.25, -0.2) is 9.18 Å². The molecule has 1 fully saturated rings. The Bertz CT molecular complexity index is 716. The summed E-state index contributed by atoms with van der Waals surface area (Å²) in [5.74, 6) is 0.137. The quantitative estimate of drug-likeness (QED) is 0.933. The normalized spacial score (nSPS) is 17.5. The third kappa shape index (κ3) is 3.56. The fraction of sp³-hybridized carbons (Fsp3) is 0.412. The molecule has 2 heterocycles. The number of nitrogens with zero attached hydrogens (tertiary/aromatic N) is 3. The van der Waals surface area contributed by atoms with E-state index in [-0.39, 0.29) is 18.4 Å². The first kappa shape index (κ1) is 16.4. The van der Waals surface area contributed by atoms with Crippen molar-refractivity contribution in [3.05, 3.63) is 41.9 Å². The molecule has 1 atom stereocenters. The molecule has 1 aliphatic heterocycles. The number of aromatic nitrogens is 1. The molecule has 0 saturated carbocycles. The van der Waals surface area contributed by atoms with Gasteiger partial charge in [-0.2, -0.15) is 0 Å². The van der Waals surface area contributed by atoms with Crippen LogP contribution in [0, 0.1) is 5.82 Å². The summed E-state index contributed by atoms with van der Waals surface area (Å²) < 4.78 is 18.9. The van der Waals surface area contributed by atoms with Gasteiger partial charge < -0.3 is 19.6 Å². The lowest BCUT2D eigenvalue weighted by atomic mass is 10.1. The summed E-state index contributed by atoms with van der Waals surface area (Å²) in [4.78, 5) is 16.1. The van der Waals surface area contributed by atoms with E-state index in [2.05, 4.69) is 15.4 Å². The van der Waals surface area contributed by atoms with Crippen molar-refractivity contribution in [2.45, 2.75) is 19.0 Å². The van der Waals surface area contributed by atoms with E-state index in [1.54, 1.807) is 29.2 Å². The molecular weight excluding hydrogens is 311 g/mol. The molecule has 1 aliphatic rings. The summed E-state index contributed by atoms with van der Waals surface area (Å²) in [5, 5.41) is 6.69. The van der Waals surface area contributed by atoms with Crippen molar-refractivity contribution >= 4 is 6.03 Å². The molecule has 1 unspecified atom stereocenters. The Morgan fingerprint density at radius 3 is 2.96 bits per heavy atom. The number of likely N-dealkylation sites (N-methyl/N-ethyl adjacent to an activating group) is 1. The number of urea groups is 1. The molecule has 1 aromatic heterocycles. The van der Waals surface area contributed by atoms with Crippen LogP contribution in [0.2, 0.25) is 0 Å². The zero-order chi connectivity index (χ0) is 17.1. The van der Waals surface area contributed by atoms with Crippen molar-refractivity contribution in [3.63, 3.8) is 0 Å². The zero-order valence-corrected chi connectivity index (χ0v) is 13.8. The number of hydrogen-bond acceptors (Lipinski definition) is 4. The van der Waals surface area contributed by atoms with Gasteiger partial charge in [-0.05, 0) is 32.6 Å². The summed E-state index contributed by atoms with van der Waals surface area (Å²) in [6.07, 6.45) is 0.972. The Labute approximate surface area is 140 Å². The maximum Gasteiger partial charge on any atom is 0.317 e. The highest BCUT2D eigenvalue weighted by Gasteiger charge is 2.27. The van der Waals surface area contributed by atoms with Crippen molar-refractivity contribution in [1.29, 1.82) is 0 Å². The second-order valence-corrected chi connectivity index (χ2v) is 6.17. The summed E-state index contributed by atoms with van der Waals surface area (Å²) >= 11 is 0. The van der Waals surface area contributed by atoms with Gasteiger partial charge in [0.2, 0.25) is 0 Å². The van der Waals surface area contributed by atoms with Gasteiger partial charge in [-0.3, -0.25) is 0 Å². The van der Waals surface area contributed by atoms with Crippen molar-refractivity contribution < 1.29 is 13.7 Å². The number of carbonyl (C=O) groups excluding carboxylic acids is 1. The lowest BCUT2D eigenvalue weighted by molar-refractivity contribution is 0.201. The molecule has 1 N–H and O–H groups in total. The van der Waals surface area contributed by atoms with Gasteiger partial charge in [0.1, 0.15) is 11.5 Å². The minimum absolute atomic E-state index is 0.122. The molecule has 2 aromatic rings. The monoisotopic (exact) mass is 332 g/mol. The van der Waals surface area contributed by atoms with E-state index in [1.807, 2.05) is 14.1 Å². The number of amides is 2. The second kappa shape index (κ2) is 7.00. The molecule has 7 heteroatoms. The molecule has 2 amide bonds. The number of carbonyl (C=O) groups is 1. The van der Waals surface area contributed by atoms with Gasteiger partial charge in [0, 0.05) is 30.8 Å². The summed E-state index contributed by atoms with van der Waals surface area (Å²) in [6.45, 7) is 1.69. The lowest BCUT2D eigenvalue weighted by Gasteiger charge is -2.20. The Hall–Kier alpha value is -2.41. The van der Waals surface area contributed by atoms with E-state index >= 15 is 0 Å². The molecule has 3 rings (SSSR count). The molecule has 0 spiro atoms. The molecule has 24 heavy (non-hydrogen) atoms. The van der Waals surface area contributed by atoms with Crippen molar-refractivity contribution in [3.8, 4) is 11.3 Å². The average Bonchev–Trinajstić information content (AvgIpc) is 3.22. The average molecular weight is 332 g/mol. The predicted octanol–water partition coefficient (Wildman–Crippen LogP) is 2.33. The van der Waals surface area contributed by atoms with Crippen LogP contribution in [0.1, 0.15) is 12.2 Å². The molecular formula is C17H21FN4O2. The van der Waals surface area contributed by atoms with Gasteiger partial charge in [0.05, 0.1) is 6.54 Å². The van der Waals surface area contributed by atoms with E-state index < -0.39 is 0 Å². The van der Waals surface area contributed by atoms with Crippen LogP contribution in [0.5, 0.6) is 0 Å². The number of rotatable bonds is 4. The topological polar surface area (TPSA) is 61.6 Å². The van der Waals surface area contributed by atoms with E-state index in [4.69, 9.17) is 4.52 Å². The van der Waals surface area contributed by atoms with Crippen LogP contribution in [-0.2, 0) is 6.54 Å².